The Hall–Kier alpha value is -1.70. The minimum atomic E-state index is -0.502. The van der Waals surface area contributed by atoms with Crippen molar-refractivity contribution in [3.63, 3.8) is 0 Å². The Morgan fingerprint density at radius 1 is 0.870 bits per heavy atom. The van der Waals surface area contributed by atoms with Gasteiger partial charge in [0.05, 0.1) is 5.56 Å². The standard InChI is InChI=1S/C21H24F2/c1-2-4-15-7-9-16(10-8-15)17-11-13-18(14-12-17)21-19(22)5-3-6-20(21)23/h3,5-6,11-16H,2,4,7-10H2,1H3/t15-,16-. The highest BCUT2D eigenvalue weighted by molar-refractivity contribution is 5.65. The van der Waals surface area contributed by atoms with Crippen LogP contribution in [-0.4, -0.2) is 0 Å². The van der Waals surface area contributed by atoms with Crippen molar-refractivity contribution >= 4 is 0 Å². The molecule has 1 aliphatic carbocycles. The third kappa shape index (κ3) is 3.63. The van der Waals surface area contributed by atoms with E-state index in [2.05, 4.69) is 6.92 Å². The fourth-order valence-electron chi connectivity index (χ4n) is 3.89. The van der Waals surface area contributed by atoms with E-state index in [1.165, 1.54) is 62.3 Å². The number of benzene rings is 2. The summed E-state index contributed by atoms with van der Waals surface area (Å²) in [5.41, 5.74) is 2.00. The van der Waals surface area contributed by atoms with Gasteiger partial charge in [-0.2, -0.15) is 0 Å². The first kappa shape index (κ1) is 16.2. The lowest BCUT2D eigenvalue weighted by Gasteiger charge is -2.28. The quantitative estimate of drug-likeness (QED) is 0.588. The first-order chi connectivity index (χ1) is 11.2. The number of hydrogen-bond acceptors (Lipinski definition) is 0. The topological polar surface area (TPSA) is 0 Å². The van der Waals surface area contributed by atoms with Crippen LogP contribution in [0.25, 0.3) is 11.1 Å². The van der Waals surface area contributed by atoms with Crippen LogP contribution in [0.5, 0.6) is 0 Å². The monoisotopic (exact) mass is 314 g/mol. The smallest absolute Gasteiger partial charge is 0.133 e. The highest BCUT2D eigenvalue weighted by Crippen LogP contribution is 2.38. The van der Waals surface area contributed by atoms with E-state index in [1.54, 1.807) is 0 Å². The Labute approximate surface area is 137 Å². The van der Waals surface area contributed by atoms with Crippen molar-refractivity contribution in [2.24, 2.45) is 5.92 Å². The summed E-state index contributed by atoms with van der Waals surface area (Å²) in [4.78, 5) is 0. The predicted octanol–water partition coefficient (Wildman–Crippen LogP) is 6.71. The van der Waals surface area contributed by atoms with Gasteiger partial charge in [0.15, 0.2) is 0 Å². The minimum Gasteiger partial charge on any atom is -0.206 e. The molecule has 0 unspecified atom stereocenters. The van der Waals surface area contributed by atoms with Gasteiger partial charge in [0.25, 0.3) is 0 Å². The summed E-state index contributed by atoms with van der Waals surface area (Å²) >= 11 is 0. The molecule has 0 aliphatic heterocycles. The van der Waals surface area contributed by atoms with Gasteiger partial charge in [-0.05, 0) is 60.8 Å². The maximum atomic E-state index is 13.9. The van der Waals surface area contributed by atoms with Crippen LogP contribution >= 0.6 is 0 Å². The summed E-state index contributed by atoms with van der Waals surface area (Å²) in [6, 6.07) is 11.8. The van der Waals surface area contributed by atoms with Crippen LogP contribution in [0.1, 0.15) is 56.9 Å². The summed E-state index contributed by atoms with van der Waals surface area (Å²) in [6.45, 7) is 2.26. The molecule has 0 heterocycles. The lowest BCUT2D eigenvalue weighted by molar-refractivity contribution is 0.308. The zero-order chi connectivity index (χ0) is 16.2. The van der Waals surface area contributed by atoms with E-state index < -0.39 is 11.6 Å². The molecule has 1 aliphatic rings. The van der Waals surface area contributed by atoms with Crippen LogP contribution in [0.4, 0.5) is 8.78 Å². The summed E-state index contributed by atoms with van der Waals surface area (Å²) < 4.78 is 27.7. The fourth-order valence-corrected chi connectivity index (χ4v) is 3.89. The Morgan fingerprint density at radius 3 is 2.04 bits per heavy atom. The molecule has 0 atom stereocenters. The second-order valence-electron chi connectivity index (χ2n) is 6.72. The van der Waals surface area contributed by atoms with Crippen LogP contribution in [0.3, 0.4) is 0 Å². The molecule has 1 fully saturated rings. The Kier molecular flexibility index (Phi) is 5.09. The highest BCUT2D eigenvalue weighted by Gasteiger charge is 2.22. The Bertz CT molecular complexity index is 617. The van der Waals surface area contributed by atoms with Crippen molar-refractivity contribution in [1.82, 2.24) is 0 Å². The van der Waals surface area contributed by atoms with E-state index >= 15 is 0 Å². The molecular weight excluding hydrogens is 290 g/mol. The molecule has 0 saturated heterocycles. The molecule has 0 N–H and O–H groups in total. The van der Waals surface area contributed by atoms with E-state index in [-0.39, 0.29) is 5.56 Å². The third-order valence-corrected chi connectivity index (χ3v) is 5.18. The van der Waals surface area contributed by atoms with Gasteiger partial charge in [0.1, 0.15) is 11.6 Å². The van der Waals surface area contributed by atoms with Crippen molar-refractivity contribution in [3.8, 4) is 11.1 Å². The third-order valence-electron chi connectivity index (χ3n) is 5.18. The maximum absolute atomic E-state index is 13.9. The SMILES string of the molecule is CCC[C@H]1CC[C@H](c2ccc(-c3c(F)cccc3F)cc2)CC1. The second-order valence-corrected chi connectivity index (χ2v) is 6.72. The van der Waals surface area contributed by atoms with Crippen LogP contribution in [0.15, 0.2) is 42.5 Å². The van der Waals surface area contributed by atoms with Gasteiger partial charge in [-0.3, -0.25) is 0 Å². The van der Waals surface area contributed by atoms with Crippen LogP contribution in [-0.2, 0) is 0 Å². The van der Waals surface area contributed by atoms with Crippen LogP contribution < -0.4 is 0 Å². The minimum absolute atomic E-state index is 0.0747. The summed E-state index contributed by atoms with van der Waals surface area (Å²) in [7, 11) is 0. The van der Waals surface area contributed by atoms with E-state index in [9.17, 15) is 8.78 Å². The number of hydrogen-bond donors (Lipinski definition) is 0. The van der Waals surface area contributed by atoms with E-state index in [1.807, 2.05) is 24.3 Å². The lowest BCUT2D eigenvalue weighted by Crippen LogP contribution is -2.13. The van der Waals surface area contributed by atoms with E-state index in [0.29, 0.717) is 11.5 Å². The molecule has 0 radical (unpaired) electrons. The maximum Gasteiger partial charge on any atom is 0.133 e. The first-order valence-corrected chi connectivity index (χ1v) is 8.73. The zero-order valence-electron chi connectivity index (χ0n) is 13.7. The van der Waals surface area contributed by atoms with Crippen molar-refractivity contribution in [1.29, 1.82) is 0 Å². The molecule has 1 saturated carbocycles. The van der Waals surface area contributed by atoms with Gasteiger partial charge in [0.2, 0.25) is 0 Å². The molecule has 23 heavy (non-hydrogen) atoms. The van der Waals surface area contributed by atoms with Crippen molar-refractivity contribution in [2.45, 2.75) is 51.4 Å². The summed E-state index contributed by atoms with van der Waals surface area (Å²) in [5.74, 6) is 0.487. The highest BCUT2D eigenvalue weighted by atomic mass is 19.1. The molecule has 2 aromatic carbocycles. The molecule has 3 rings (SSSR count). The Morgan fingerprint density at radius 2 is 1.48 bits per heavy atom. The fraction of sp³-hybridized carbons (Fsp3) is 0.429. The van der Waals surface area contributed by atoms with Crippen molar-refractivity contribution in [2.75, 3.05) is 0 Å². The van der Waals surface area contributed by atoms with Crippen molar-refractivity contribution < 1.29 is 8.78 Å². The van der Waals surface area contributed by atoms with Gasteiger partial charge >= 0.3 is 0 Å². The molecule has 2 aromatic rings. The van der Waals surface area contributed by atoms with Crippen LogP contribution in [0, 0.1) is 17.6 Å². The normalized spacial score (nSPS) is 21.3. The predicted molar refractivity (Wildman–Crippen MR) is 91.4 cm³/mol. The molecule has 0 bridgehead atoms. The largest absolute Gasteiger partial charge is 0.206 e. The molecule has 2 heteroatoms. The van der Waals surface area contributed by atoms with Gasteiger partial charge in [-0.15, -0.1) is 0 Å². The van der Waals surface area contributed by atoms with E-state index in [0.717, 1.165) is 5.92 Å². The Balaban J connectivity index is 1.73. The number of halogens is 2. The molecular formula is C21H24F2. The van der Waals surface area contributed by atoms with Gasteiger partial charge in [-0.1, -0.05) is 50.1 Å². The number of rotatable bonds is 4. The van der Waals surface area contributed by atoms with Gasteiger partial charge in [0, 0.05) is 0 Å². The molecule has 0 spiro atoms. The average molecular weight is 314 g/mol. The van der Waals surface area contributed by atoms with E-state index in [4.69, 9.17) is 0 Å². The molecule has 122 valence electrons. The van der Waals surface area contributed by atoms with Gasteiger partial charge in [-0.25, -0.2) is 8.78 Å². The molecule has 0 amide bonds. The zero-order valence-corrected chi connectivity index (χ0v) is 13.7. The summed E-state index contributed by atoms with van der Waals surface area (Å²) in [5, 5.41) is 0. The molecule has 0 aromatic heterocycles. The second kappa shape index (κ2) is 7.25. The lowest BCUT2D eigenvalue weighted by atomic mass is 9.77. The first-order valence-electron chi connectivity index (χ1n) is 8.73. The summed E-state index contributed by atoms with van der Waals surface area (Å²) in [6.07, 6.45) is 7.71. The average Bonchev–Trinajstić information content (AvgIpc) is 2.56. The molecule has 0 nitrogen and oxygen atoms in total. The van der Waals surface area contributed by atoms with Gasteiger partial charge < -0.3 is 0 Å². The van der Waals surface area contributed by atoms with Crippen molar-refractivity contribution in [3.05, 3.63) is 59.7 Å². The van der Waals surface area contributed by atoms with Crippen LogP contribution in [0.2, 0.25) is 0 Å².